The summed E-state index contributed by atoms with van der Waals surface area (Å²) >= 11 is 1.94. The number of rotatable bonds is 3. The van der Waals surface area contributed by atoms with Crippen molar-refractivity contribution in [3.05, 3.63) is 24.2 Å². The quantitative estimate of drug-likeness (QED) is 0.868. The molecule has 0 spiro atoms. The highest BCUT2D eigenvalue weighted by Gasteiger charge is 2.22. The van der Waals surface area contributed by atoms with Crippen molar-refractivity contribution >= 4 is 17.6 Å². The smallest absolute Gasteiger partial charge is 0.261 e. The van der Waals surface area contributed by atoms with E-state index in [1.807, 2.05) is 37.0 Å². The molecule has 1 fully saturated rings. The molecule has 0 amide bonds. The van der Waals surface area contributed by atoms with Crippen LogP contribution < -0.4 is 4.90 Å². The average Bonchev–Trinajstić information content (AvgIpc) is 2.81. The number of anilines is 1. The van der Waals surface area contributed by atoms with Crippen molar-refractivity contribution < 1.29 is 4.52 Å². The zero-order valence-corrected chi connectivity index (χ0v) is 13.3. The van der Waals surface area contributed by atoms with Gasteiger partial charge < -0.3 is 9.42 Å². The van der Waals surface area contributed by atoms with Crippen LogP contribution >= 0.6 is 11.8 Å². The van der Waals surface area contributed by atoms with Crippen LogP contribution in [-0.2, 0) is 0 Å². The number of pyridine rings is 1. The van der Waals surface area contributed by atoms with Crippen molar-refractivity contribution in [1.29, 1.82) is 0 Å². The first kappa shape index (κ1) is 14.4. The largest absolute Gasteiger partial charge is 0.355 e. The van der Waals surface area contributed by atoms with E-state index in [2.05, 4.69) is 26.3 Å². The van der Waals surface area contributed by atoms with E-state index in [1.54, 1.807) is 0 Å². The molecule has 21 heavy (non-hydrogen) atoms. The lowest BCUT2D eigenvalue weighted by Gasteiger charge is -2.25. The Hall–Kier alpha value is -1.56. The van der Waals surface area contributed by atoms with Crippen LogP contribution in [0.5, 0.6) is 0 Å². The maximum Gasteiger partial charge on any atom is 0.261 e. The Balaban J connectivity index is 1.94. The maximum atomic E-state index is 5.33. The van der Waals surface area contributed by atoms with Crippen LogP contribution in [0.4, 0.5) is 5.82 Å². The lowest BCUT2D eigenvalue weighted by atomic mass is 10.2. The number of thioether (sulfide) groups is 1. The van der Waals surface area contributed by atoms with Crippen LogP contribution in [0.1, 0.15) is 25.1 Å². The number of aryl methyl sites for hydroxylation is 1. The van der Waals surface area contributed by atoms with Gasteiger partial charge in [-0.05, 0) is 38.2 Å². The molecule has 0 bridgehead atoms. The molecule has 1 aliphatic rings. The van der Waals surface area contributed by atoms with Crippen LogP contribution in [0, 0.1) is 6.92 Å². The molecule has 0 N–H and O–H groups in total. The predicted octanol–water partition coefficient (Wildman–Crippen LogP) is 3.16. The van der Waals surface area contributed by atoms with Crippen LogP contribution in [0.15, 0.2) is 22.9 Å². The molecule has 0 saturated carbocycles. The first-order valence-electron chi connectivity index (χ1n) is 7.31. The van der Waals surface area contributed by atoms with Gasteiger partial charge in [0.05, 0.1) is 5.56 Å². The van der Waals surface area contributed by atoms with E-state index < -0.39 is 0 Å². The second-order valence-electron chi connectivity index (χ2n) is 5.32. The summed E-state index contributed by atoms with van der Waals surface area (Å²) in [6.45, 7) is 3.89. The monoisotopic (exact) mass is 304 g/mol. The van der Waals surface area contributed by atoms with Gasteiger partial charge in [0, 0.05) is 24.5 Å². The molecule has 112 valence electrons. The summed E-state index contributed by atoms with van der Waals surface area (Å²) in [5.41, 5.74) is 0.930. The van der Waals surface area contributed by atoms with Gasteiger partial charge in [-0.25, -0.2) is 4.98 Å². The standard InChI is InChI=1S/C15H20N4OS/c1-11-17-15(20-18-11)13-7-5-8-16-14(13)19-9-4-3-6-12(10-19)21-2/h5,7-8,12H,3-4,6,9-10H2,1-2H3. The number of nitrogens with zero attached hydrogens (tertiary/aromatic N) is 4. The first-order chi connectivity index (χ1) is 10.3. The topological polar surface area (TPSA) is 55.1 Å². The van der Waals surface area contributed by atoms with E-state index in [0.29, 0.717) is 17.0 Å². The summed E-state index contributed by atoms with van der Waals surface area (Å²) in [6, 6.07) is 3.93. The summed E-state index contributed by atoms with van der Waals surface area (Å²) in [5.74, 6) is 2.17. The molecule has 1 atom stereocenters. The molecule has 5 nitrogen and oxygen atoms in total. The average molecular weight is 304 g/mol. The third-order valence-electron chi connectivity index (χ3n) is 3.81. The highest BCUT2D eigenvalue weighted by molar-refractivity contribution is 7.99. The van der Waals surface area contributed by atoms with Gasteiger partial charge in [0.1, 0.15) is 5.82 Å². The minimum atomic E-state index is 0.556. The minimum Gasteiger partial charge on any atom is -0.355 e. The van der Waals surface area contributed by atoms with Gasteiger partial charge in [0.15, 0.2) is 5.82 Å². The van der Waals surface area contributed by atoms with Crippen molar-refractivity contribution in [3.63, 3.8) is 0 Å². The van der Waals surface area contributed by atoms with Crippen molar-refractivity contribution in [2.24, 2.45) is 0 Å². The van der Waals surface area contributed by atoms with Gasteiger partial charge in [-0.1, -0.05) is 11.6 Å². The molecule has 1 unspecified atom stereocenters. The van der Waals surface area contributed by atoms with Crippen LogP contribution in [0.3, 0.4) is 0 Å². The van der Waals surface area contributed by atoms with Crippen molar-refractivity contribution in [2.45, 2.75) is 31.4 Å². The SMILES string of the molecule is CSC1CCCCN(c2ncccc2-c2nc(C)no2)C1. The van der Waals surface area contributed by atoms with Gasteiger partial charge in [-0.2, -0.15) is 16.7 Å². The molecular formula is C15H20N4OS. The lowest BCUT2D eigenvalue weighted by Crippen LogP contribution is -2.30. The Bertz CT molecular complexity index is 601. The van der Waals surface area contributed by atoms with E-state index in [9.17, 15) is 0 Å². The highest BCUT2D eigenvalue weighted by Crippen LogP contribution is 2.30. The van der Waals surface area contributed by atoms with Gasteiger partial charge in [0.25, 0.3) is 5.89 Å². The Labute approximate surface area is 129 Å². The molecule has 3 rings (SSSR count). The van der Waals surface area contributed by atoms with Gasteiger partial charge in [-0.15, -0.1) is 0 Å². The van der Waals surface area contributed by atoms with Crippen LogP contribution in [-0.4, -0.2) is 39.7 Å². The van der Waals surface area contributed by atoms with Crippen LogP contribution in [0.25, 0.3) is 11.5 Å². The summed E-state index contributed by atoms with van der Waals surface area (Å²) in [6.07, 6.45) is 7.79. The Morgan fingerprint density at radius 2 is 2.29 bits per heavy atom. The summed E-state index contributed by atoms with van der Waals surface area (Å²) in [4.78, 5) is 11.3. The Morgan fingerprint density at radius 1 is 1.38 bits per heavy atom. The lowest BCUT2D eigenvalue weighted by molar-refractivity contribution is 0.425. The predicted molar refractivity (Wildman–Crippen MR) is 85.6 cm³/mol. The third kappa shape index (κ3) is 3.20. The molecule has 1 aliphatic heterocycles. The van der Waals surface area contributed by atoms with E-state index in [1.165, 1.54) is 19.3 Å². The fourth-order valence-corrected chi connectivity index (χ4v) is 3.44. The molecule has 0 aliphatic carbocycles. The summed E-state index contributed by atoms with van der Waals surface area (Å²) < 4.78 is 5.33. The fraction of sp³-hybridized carbons (Fsp3) is 0.533. The molecule has 6 heteroatoms. The van der Waals surface area contributed by atoms with E-state index in [0.717, 1.165) is 24.5 Å². The summed E-state index contributed by atoms with van der Waals surface area (Å²) in [5, 5.41) is 4.55. The molecule has 2 aromatic heterocycles. The third-order valence-corrected chi connectivity index (χ3v) is 4.86. The summed E-state index contributed by atoms with van der Waals surface area (Å²) in [7, 11) is 0. The Kier molecular flexibility index (Phi) is 4.43. The second kappa shape index (κ2) is 6.47. The molecule has 0 radical (unpaired) electrons. The number of aromatic nitrogens is 3. The van der Waals surface area contributed by atoms with Gasteiger partial charge in [0.2, 0.25) is 0 Å². The Morgan fingerprint density at radius 3 is 3.05 bits per heavy atom. The normalized spacial score (nSPS) is 19.5. The molecule has 2 aromatic rings. The zero-order valence-electron chi connectivity index (χ0n) is 12.5. The highest BCUT2D eigenvalue weighted by atomic mass is 32.2. The molecule has 1 saturated heterocycles. The zero-order chi connectivity index (χ0) is 14.7. The molecule has 0 aromatic carbocycles. The van der Waals surface area contributed by atoms with Gasteiger partial charge in [-0.3, -0.25) is 0 Å². The number of hydrogen-bond donors (Lipinski definition) is 0. The fourth-order valence-electron chi connectivity index (χ4n) is 2.71. The maximum absolute atomic E-state index is 5.33. The second-order valence-corrected chi connectivity index (χ2v) is 6.46. The van der Waals surface area contributed by atoms with E-state index >= 15 is 0 Å². The van der Waals surface area contributed by atoms with Crippen LogP contribution in [0.2, 0.25) is 0 Å². The van der Waals surface area contributed by atoms with E-state index in [4.69, 9.17) is 4.52 Å². The molecule has 3 heterocycles. The number of hydrogen-bond acceptors (Lipinski definition) is 6. The molecular weight excluding hydrogens is 284 g/mol. The van der Waals surface area contributed by atoms with Crippen molar-refractivity contribution in [1.82, 2.24) is 15.1 Å². The van der Waals surface area contributed by atoms with Crippen molar-refractivity contribution in [3.8, 4) is 11.5 Å². The first-order valence-corrected chi connectivity index (χ1v) is 8.60. The van der Waals surface area contributed by atoms with E-state index in [-0.39, 0.29) is 0 Å². The van der Waals surface area contributed by atoms with Crippen molar-refractivity contribution in [2.75, 3.05) is 24.2 Å². The minimum absolute atomic E-state index is 0.556. The van der Waals surface area contributed by atoms with Gasteiger partial charge >= 0.3 is 0 Å².